The van der Waals surface area contributed by atoms with Crippen LogP contribution in [0.2, 0.25) is 0 Å². The van der Waals surface area contributed by atoms with E-state index >= 15 is 0 Å². The zero-order valence-corrected chi connectivity index (χ0v) is 9.68. The van der Waals surface area contributed by atoms with E-state index in [9.17, 15) is 14.9 Å². The highest BCUT2D eigenvalue weighted by Gasteiger charge is 2.12. The van der Waals surface area contributed by atoms with E-state index in [0.29, 0.717) is 12.1 Å². The molecule has 0 radical (unpaired) electrons. The van der Waals surface area contributed by atoms with Crippen LogP contribution in [0.4, 0.5) is 5.69 Å². The summed E-state index contributed by atoms with van der Waals surface area (Å²) >= 11 is 0. The third kappa shape index (κ3) is 4.23. The minimum absolute atomic E-state index is 0.00520. The molecule has 0 aliphatic carbocycles. The van der Waals surface area contributed by atoms with Gasteiger partial charge < -0.3 is 5.32 Å². The molecule has 0 bridgehead atoms. The molecule has 1 aromatic carbocycles. The van der Waals surface area contributed by atoms with Gasteiger partial charge in [-0.25, -0.2) is 0 Å². The number of nitro groups is 1. The Morgan fingerprint density at radius 2 is 2.17 bits per heavy atom. The molecule has 0 fully saturated rings. The fourth-order valence-corrected chi connectivity index (χ4v) is 1.34. The summed E-state index contributed by atoms with van der Waals surface area (Å²) < 4.78 is 0. The Balaban J connectivity index is 2.51. The fourth-order valence-electron chi connectivity index (χ4n) is 1.34. The molecular weight excluding hydrogens is 234 g/mol. The normalized spacial score (nSPS) is 9.50. The molecule has 1 rings (SSSR count). The molecule has 1 aromatic rings. The lowest BCUT2D eigenvalue weighted by Gasteiger charge is -2.05. The van der Waals surface area contributed by atoms with Gasteiger partial charge in [-0.15, -0.1) is 6.42 Å². The zero-order valence-electron chi connectivity index (χ0n) is 9.68. The second-order valence-electron chi connectivity index (χ2n) is 3.47. The molecule has 1 amide bonds. The molecule has 18 heavy (non-hydrogen) atoms. The van der Waals surface area contributed by atoms with Gasteiger partial charge in [-0.1, -0.05) is 24.1 Å². The minimum atomic E-state index is -0.474. The Labute approximate surface area is 105 Å². The van der Waals surface area contributed by atoms with Crippen molar-refractivity contribution in [2.75, 3.05) is 13.1 Å². The maximum absolute atomic E-state index is 11.4. The Kier molecular flexibility index (Phi) is 5.35. The predicted octanol–water partition coefficient (Wildman–Crippen LogP) is 0.434. The first kappa shape index (κ1) is 13.7. The molecule has 0 aliphatic rings. The highest BCUT2D eigenvalue weighted by Crippen LogP contribution is 2.16. The molecule has 0 saturated carbocycles. The van der Waals surface area contributed by atoms with E-state index in [-0.39, 0.29) is 24.7 Å². The lowest BCUT2D eigenvalue weighted by Crippen LogP contribution is -2.33. The topological polar surface area (TPSA) is 84.3 Å². The van der Waals surface area contributed by atoms with Crippen molar-refractivity contribution in [2.45, 2.75) is 6.54 Å². The third-order valence-corrected chi connectivity index (χ3v) is 2.18. The molecule has 6 heteroatoms. The maximum atomic E-state index is 11.4. The summed E-state index contributed by atoms with van der Waals surface area (Å²) in [6.07, 6.45) is 5.01. The van der Waals surface area contributed by atoms with Crippen LogP contribution in [-0.2, 0) is 11.3 Å². The number of carbonyl (C=O) groups is 1. The van der Waals surface area contributed by atoms with E-state index in [2.05, 4.69) is 16.6 Å². The number of amides is 1. The van der Waals surface area contributed by atoms with Crippen molar-refractivity contribution < 1.29 is 9.72 Å². The van der Waals surface area contributed by atoms with E-state index in [1.165, 1.54) is 6.07 Å². The van der Waals surface area contributed by atoms with Crippen molar-refractivity contribution >= 4 is 11.6 Å². The number of nitrogens with one attached hydrogen (secondary N) is 2. The van der Waals surface area contributed by atoms with E-state index in [0.717, 1.165) is 0 Å². The smallest absolute Gasteiger partial charge is 0.274 e. The summed E-state index contributed by atoms with van der Waals surface area (Å²) in [5, 5.41) is 16.0. The van der Waals surface area contributed by atoms with Crippen LogP contribution in [0, 0.1) is 22.5 Å². The Hall–Kier alpha value is -2.39. The van der Waals surface area contributed by atoms with Gasteiger partial charge in [0, 0.05) is 18.2 Å². The molecule has 0 atom stereocenters. The molecule has 0 spiro atoms. The number of nitro benzene ring substituents is 1. The van der Waals surface area contributed by atoms with Gasteiger partial charge in [-0.3, -0.25) is 20.2 Å². The number of rotatable bonds is 6. The van der Waals surface area contributed by atoms with Crippen molar-refractivity contribution in [3.63, 3.8) is 0 Å². The molecule has 0 saturated heterocycles. The highest BCUT2D eigenvalue weighted by atomic mass is 16.6. The van der Waals surface area contributed by atoms with Crippen LogP contribution >= 0.6 is 0 Å². The zero-order chi connectivity index (χ0) is 13.4. The van der Waals surface area contributed by atoms with Gasteiger partial charge in [-0.2, -0.15) is 0 Å². The standard InChI is InChI=1S/C12H13N3O3/c1-2-7-13-9-12(16)14-8-10-5-3-4-6-11(10)15(17)18/h1,3-6,13H,7-9H2,(H,14,16). The molecule has 6 nitrogen and oxygen atoms in total. The van der Waals surface area contributed by atoms with Crippen molar-refractivity contribution in [1.29, 1.82) is 0 Å². The first-order chi connectivity index (χ1) is 8.65. The highest BCUT2D eigenvalue weighted by molar-refractivity contribution is 5.78. The van der Waals surface area contributed by atoms with Crippen LogP contribution < -0.4 is 10.6 Å². The monoisotopic (exact) mass is 247 g/mol. The number of hydrogen-bond donors (Lipinski definition) is 2. The first-order valence-electron chi connectivity index (χ1n) is 5.28. The van der Waals surface area contributed by atoms with E-state index in [1.54, 1.807) is 18.2 Å². The predicted molar refractivity (Wildman–Crippen MR) is 66.6 cm³/mol. The van der Waals surface area contributed by atoms with Gasteiger partial charge in [-0.05, 0) is 0 Å². The number of hydrogen-bond acceptors (Lipinski definition) is 4. The van der Waals surface area contributed by atoms with Gasteiger partial charge in [0.15, 0.2) is 0 Å². The second kappa shape index (κ2) is 7.04. The Morgan fingerprint density at radius 3 is 2.83 bits per heavy atom. The van der Waals surface area contributed by atoms with Crippen LogP contribution in [0.1, 0.15) is 5.56 Å². The summed E-state index contributed by atoms with van der Waals surface area (Å²) in [6.45, 7) is 0.511. The summed E-state index contributed by atoms with van der Waals surface area (Å²) in [6, 6.07) is 6.27. The van der Waals surface area contributed by atoms with Crippen LogP contribution in [0.25, 0.3) is 0 Å². The lowest BCUT2D eigenvalue weighted by molar-refractivity contribution is -0.385. The third-order valence-electron chi connectivity index (χ3n) is 2.18. The summed E-state index contributed by atoms with van der Waals surface area (Å²) in [5.74, 6) is 2.08. The number of para-hydroxylation sites is 1. The molecule has 0 aromatic heterocycles. The van der Waals surface area contributed by atoms with Crippen LogP contribution in [0.3, 0.4) is 0 Å². The van der Waals surface area contributed by atoms with Crippen molar-refractivity contribution in [3.05, 3.63) is 39.9 Å². The van der Waals surface area contributed by atoms with Crippen molar-refractivity contribution in [3.8, 4) is 12.3 Å². The van der Waals surface area contributed by atoms with Gasteiger partial charge in [0.05, 0.1) is 18.0 Å². The Morgan fingerprint density at radius 1 is 1.44 bits per heavy atom. The molecule has 94 valence electrons. The average Bonchev–Trinajstić information content (AvgIpc) is 2.37. The van der Waals surface area contributed by atoms with Crippen LogP contribution in [0.5, 0.6) is 0 Å². The molecular formula is C12H13N3O3. The maximum Gasteiger partial charge on any atom is 0.274 e. The van der Waals surface area contributed by atoms with E-state index < -0.39 is 4.92 Å². The number of terminal acetylenes is 1. The number of nitrogens with zero attached hydrogens (tertiary/aromatic N) is 1. The van der Waals surface area contributed by atoms with E-state index in [4.69, 9.17) is 6.42 Å². The average molecular weight is 247 g/mol. The van der Waals surface area contributed by atoms with Crippen molar-refractivity contribution in [2.24, 2.45) is 0 Å². The van der Waals surface area contributed by atoms with Crippen molar-refractivity contribution in [1.82, 2.24) is 10.6 Å². The van der Waals surface area contributed by atoms with Crippen LogP contribution in [-0.4, -0.2) is 23.9 Å². The van der Waals surface area contributed by atoms with E-state index in [1.807, 2.05) is 0 Å². The molecule has 0 aliphatic heterocycles. The summed E-state index contributed by atoms with van der Waals surface area (Å²) in [5.41, 5.74) is 0.460. The molecule has 0 unspecified atom stereocenters. The van der Waals surface area contributed by atoms with Gasteiger partial charge in [0.25, 0.3) is 5.69 Å². The minimum Gasteiger partial charge on any atom is -0.351 e. The fraction of sp³-hybridized carbons (Fsp3) is 0.250. The quantitative estimate of drug-likeness (QED) is 0.330. The number of benzene rings is 1. The Bertz CT molecular complexity index is 480. The summed E-state index contributed by atoms with van der Waals surface area (Å²) in [4.78, 5) is 21.6. The molecule has 2 N–H and O–H groups in total. The lowest BCUT2D eigenvalue weighted by atomic mass is 10.2. The first-order valence-corrected chi connectivity index (χ1v) is 5.28. The largest absolute Gasteiger partial charge is 0.351 e. The molecule has 0 heterocycles. The second-order valence-corrected chi connectivity index (χ2v) is 3.47. The summed E-state index contributed by atoms with van der Waals surface area (Å²) in [7, 11) is 0. The number of carbonyl (C=O) groups excluding carboxylic acids is 1. The van der Waals surface area contributed by atoms with Gasteiger partial charge >= 0.3 is 0 Å². The van der Waals surface area contributed by atoms with Gasteiger partial charge in [0.1, 0.15) is 0 Å². The van der Waals surface area contributed by atoms with Gasteiger partial charge in [0.2, 0.25) is 5.91 Å². The SMILES string of the molecule is C#CCNCC(=O)NCc1ccccc1[N+](=O)[O-]. The van der Waals surface area contributed by atoms with Crippen LogP contribution in [0.15, 0.2) is 24.3 Å².